The summed E-state index contributed by atoms with van der Waals surface area (Å²) in [4.78, 5) is 25.3. The third-order valence-electron chi connectivity index (χ3n) is 6.84. The summed E-state index contributed by atoms with van der Waals surface area (Å²) in [5, 5.41) is 21.5. The molecule has 2 aromatic rings. The van der Waals surface area contributed by atoms with E-state index in [9.17, 15) is 14.7 Å². The Kier molecular flexibility index (Phi) is 10.7. The van der Waals surface area contributed by atoms with Gasteiger partial charge in [0.05, 0.1) is 0 Å². The van der Waals surface area contributed by atoms with Gasteiger partial charge in [0.2, 0.25) is 0 Å². The number of aromatic carboxylic acids is 1. The van der Waals surface area contributed by atoms with Crippen LogP contribution in [0.5, 0.6) is 0 Å². The van der Waals surface area contributed by atoms with Gasteiger partial charge in [0, 0.05) is 0 Å². The third-order valence-corrected chi connectivity index (χ3v) is 13.0. The Morgan fingerprint density at radius 2 is 1.71 bits per heavy atom. The molecule has 5 nitrogen and oxygen atoms in total. The van der Waals surface area contributed by atoms with Gasteiger partial charge in [-0.2, -0.15) is 0 Å². The Morgan fingerprint density at radius 1 is 1.00 bits per heavy atom. The van der Waals surface area contributed by atoms with Crippen molar-refractivity contribution in [3.8, 4) is 0 Å². The average Bonchev–Trinajstić information content (AvgIpc) is 2.84. The number of nitrogens with zero attached hydrogens (tertiary/aromatic N) is 1. The zero-order valence-electron chi connectivity index (χ0n) is 22.5. The van der Waals surface area contributed by atoms with Crippen molar-refractivity contribution in [2.45, 2.75) is 19.0 Å². The first-order chi connectivity index (χ1) is 17.1. The normalized spacial score (nSPS) is 17.5. The Balaban J connectivity index is 0.00000253. The SMILES string of the molecule is CN(C)c1ccc2c(c1)[Si-](C)(CCSCCC(=O)O)C1=C[C](=[Ni])C=CC1=C2c1ccccc1C(=O)O.[CH3-].[CH3-]. The molecule has 0 saturated carbocycles. The zero-order valence-corrected chi connectivity index (χ0v) is 25.3. The molecule has 38 heavy (non-hydrogen) atoms. The van der Waals surface area contributed by atoms with E-state index in [1.807, 2.05) is 32.3 Å². The summed E-state index contributed by atoms with van der Waals surface area (Å²) < 4.78 is 0.809. The van der Waals surface area contributed by atoms with Gasteiger partial charge >= 0.3 is 225 Å². The van der Waals surface area contributed by atoms with E-state index < -0.39 is 20.0 Å². The Hall–Kier alpha value is -2.67. The van der Waals surface area contributed by atoms with Crippen LogP contribution in [0.15, 0.2) is 71.5 Å². The second-order valence-corrected chi connectivity index (χ2v) is 15.4. The number of rotatable bonds is 9. The van der Waals surface area contributed by atoms with Crippen molar-refractivity contribution in [1.82, 2.24) is 0 Å². The molecular formula is C30H35NNiO4SSi-3. The minimum absolute atomic E-state index is 0. The summed E-state index contributed by atoms with van der Waals surface area (Å²) in [6.07, 6.45) is 6.28. The number of carbonyl (C=O) groups is 2. The van der Waals surface area contributed by atoms with Gasteiger partial charge in [0.15, 0.2) is 0 Å². The molecule has 2 N–H and O–H groups in total. The van der Waals surface area contributed by atoms with Crippen LogP contribution >= 0.6 is 11.8 Å². The minimum atomic E-state index is -2.31. The molecule has 0 fully saturated rings. The van der Waals surface area contributed by atoms with Gasteiger partial charge in [0.1, 0.15) is 0 Å². The van der Waals surface area contributed by atoms with Gasteiger partial charge in [-0.3, -0.25) is 0 Å². The molecule has 0 bridgehead atoms. The Bertz CT molecular complexity index is 1350. The molecule has 207 valence electrons. The summed E-state index contributed by atoms with van der Waals surface area (Å²) in [6, 6.07) is 14.6. The molecule has 0 radical (unpaired) electrons. The molecule has 2 aromatic carbocycles. The largest absolute Gasteiger partial charge is 0.358 e. The van der Waals surface area contributed by atoms with Crippen molar-refractivity contribution < 1.29 is 34.8 Å². The number of aliphatic carboxylic acids is 1. The number of benzene rings is 2. The van der Waals surface area contributed by atoms with Crippen LogP contribution in [0.1, 0.15) is 27.9 Å². The second kappa shape index (κ2) is 12.9. The molecule has 0 aromatic heterocycles. The maximum Gasteiger partial charge on any atom is -0.358 e. The molecular weight excluding hydrogens is 557 g/mol. The summed E-state index contributed by atoms with van der Waals surface area (Å²) in [7, 11) is 1.73. The van der Waals surface area contributed by atoms with E-state index in [0.717, 1.165) is 38.7 Å². The smallest absolute Gasteiger partial charge is 0.358 e. The van der Waals surface area contributed by atoms with Gasteiger partial charge in [-0.1, -0.05) is 0 Å². The van der Waals surface area contributed by atoms with E-state index >= 15 is 0 Å². The van der Waals surface area contributed by atoms with Crippen molar-refractivity contribution in [1.29, 1.82) is 0 Å². The number of hydrogen-bond donors (Lipinski definition) is 2. The predicted molar refractivity (Wildman–Crippen MR) is 161 cm³/mol. The van der Waals surface area contributed by atoms with Crippen molar-refractivity contribution in [3.05, 3.63) is 103 Å². The van der Waals surface area contributed by atoms with Crippen molar-refractivity contribution in [2.24, 2.45) is 0 Å². The van der Waals surface area contributed by atoms with Crippen molar-refractivity contribution in [2.75, 3.05) is 30.5 Å². The van der Waals surface area contributed by atoms with Crippen molar-refractivity contribution in [3.63, 3.8) is 0 Å². The number of fused-ring (bicyclic) bond motifs is 2. The molecule has 0 spiro atoms. The van der Waals surface area contributed by atoms with Crippen LogP contribution in [0.25, 0.3) is 5.57 Å². The van der Waals surface area contributed by atoms with Gasteiger partial charge in [-0.15, -0.1) is 0 Å². The van der Waals surface area contributed by atoms with Crippen molar-refractivity contribution >= 4 is 52.7 Å². The Morgan fingerprint density at radius 3 is 2.37 bits per heavy atom. The van der Waals surface area contributed by atoms with Gasteiger partial charge in [-0.25, -0.2) is 0 Å². The van der Waals surface area contributed by atoms with Crippen LogP contribution in [0, 0.1) is 14.9 Å². The van der Waals surface area contributed by atoms with E-state index in [-0.39, 0.29) is 26.8 Å². The van der Waals surface area contributed by atoms with Crippen LogP contribution in [-0.2, 0) is 19.8 Å². The molecule has 0 amide bonds. The third kappa shape index (κ3) is 6.14. The molecule has 1 atom stereocenters. The number of hydrogen-bond acceptors (Lipinski definition) is 4. The summed E-state index contributed by atoms with van der Waals surface area (Å²) in [5.41, 5.74) is 5.15. The predicted octanol–water partition coefficient (Wildman–Crippen LogP) is 5.41. The summed E-state index contributed by atoms with van der Waals surface area (Å²) in [5.74, 6) is -0.283. The van der Waals surface area contributed by atoms with E-state index in [2.05, 4.69) is 41.8 Å². The maximum absolute atomic E-state index is 12.2. The van der Waals surface area contributed by atoms with Crippen LogP contribution < -0.4 is 10.1 Å². The number of carboxylic acid groups (broad SMARTS) is 2. The first-order valence-electron chi connectivity index (χ1n) is 11.7. The monoisotopic (exact) mass is 591 g/mol. The first kappa shape index (κ1) is 31.5. The molecule has 2 aliphatic rings. The molecule has 8 heteroatoms. The van der Waals surface area contributed by atoms with E-state index in [0.29, 0.717) is 11.3 Å². The topological polar surface area (TPSA) is 77.8 Å². The quantitative estimate of drug-likeness (QED) is 0.230. The average molecular weight is 592 g/mol. The number of carboxylic acids is 2. The molecule has 1 aliphatic heterocycles. The van der Waals surface area contributed by atoms with Gasteiger partial charge in [0.25, 0.3) is 0 Å². The molecule has 4 rings (SSSR count). The van der Waals surface area contributed by atoms with Crippen LogP contribution in [-0.4, -0.2) is 60.3 Å². The first-order valence-corrected chi connectivity index (χ1v) is 16.1. The number of thioether (sulfide) groups is 1. The Labute approximate surface area is 239 Å². The van der Waals surface area contributed by atoms with Crippen LogP contribution in [0.3, 0.4) is 0 Å². The van der Waals surface area contributed by atoms with E-state index in [1.165, 1.54) is 10.4 Å². The minimum Gasteiger partial charge on any atom is -0.358 e. The molecule has 1 heterocycles. The van der Waals surface area contributed by atoms with E-state index in [4.69, 9.17) is 20.1 Å². The second-order valence-electron chi connectivity index (χ2n) is 9.34. The number of anilines is 1. The summed E-state index contributed by atoms with van der Waals surface area (Å²) >= 11 is 6.94. The maximum atomic E-state index is 12.2. The summed E-state index contributed by atoms with van der Waals surface area (Å²) in [6.45, 7) is 2.36. The standard InChI is InChI=1S/C28H29NO4SSi.2CH3.Ni/c1-29(2)19-12-13-23-25(18-19)35(3,17-16-34-15-14-26(30)31)24-11-7-6-10-22(24)27(23)20-8-4-5-9-21(20)28(32)33;;;/h4-6,8-13,18H,14-17H2,1-3H3,(H,30,31)(H,32,33);2*1H3;/q3*-1;. The van der Waals surface area contributed by atoms with Gasteiger partial charge in [-0.05, 0) is 0 Å². The fourth-order valence-electron chi connectivity index (χ4n) is 4.94. The fraction of sp³-hybridized carbons (Fsp3) is 0.233. The molecule has 1 aliphatic carbocycles. The fourth-order valence-corrected chi connectivity index (χ4v) is 11.4. The van der Waals surface area contributed by atoms with Gasteiger partial charge < -0.3 is 14.9 Å². The van der Waals surface area contributed by atoms with Crippen LogP contribution in [0.4, 0.5) is 5.69 Å². The molecule has 1 unspecified atom stereocenters. The van der Waals surface area contributed by atoms with Crippen LogP contribution in [0.2, 0.25) is 12.6 Å². The number of allylic oxidation sites excluding steroid dienone is 5. The zero-order chi connectivity index (χ0) is 26.0. The molecule has 0 saturated heterocycles. The van der Waals surface area contributed by atoms with E-state index in [1.54, 1.807) is 23.9 Å².